The van der Waals surface area contributed by atoms with Gasteiger partial charge in [-0.1, -0.05) is 11.3 Å². The number of nitrogens with one attached hydrogen (secondary N) is 1. The molecule has 1 N–H and O–H groups in total. The van der Waals surface area contributed by atoms with Crippen LogP contribution in [0, 0.1) is 5.82 Å². The van der Waals surface area contributed by atoms with Gasteiger partial charge < -0.3 is 5.32 Å². The van der Waals surface area contributed by atoms with Crippen LogP contribution in [0.25, 0.3) is 5.95 Å². The number of aromatic nitrogens is 5. The van der Waals surface area contributed by atoms with Crippen LogP contribution in [0.2, 0.25) is 0 Å². The van der Waals surface area contributed by atoms with Gasteiger partial charge in [0, 0.05) is 25.4 Å². The van der Waals surface area contributed by atoms with Crippen molar-refractivity contribution in [3.05, 3.63) is 65.0 Å². The third-order valence-corrected chi connectivity index (χ3v) is 4.35. The predicted molar refractivity (Wildman–Crippen MR) is 87.1 cm³/mol. The predicted octanol–water partition coefficient (Wildman–Crippen LogP) is 2.28. The second-order valence-electron chi connectivity index (χ2n) is 6.05. The zero-order valence-corrected chi connectivity index (χ0v) is 14.1. The molecule has 1 atom stereocenters. The highest BCUT2D eigenvalue weighted by Gasteiger charge is 2.38. The van der Waals surface area contributed by atoms with Gasteiger partial charge in [-0.3, -0.25) is 4.79 Å². The molecule has 0 spiro atoms. The third kappa shape index (κ3) is 3.03. The van der Waals surface area contributed by atoms with Crippen molar-refractivity contribution in [3.8, 4) is 5.95 Å². The lowest BCUT2D eigenvalue weighted by Crippen LogP contribution is -2.36. The third-order valence-electron chi connectivity index (χ3n) is 4.35. The van der Waals surface area contributed by atoms with Crippen LogP contribution >= 0.6 is 0 Å². The summed E-state index contributed by atoms with van der Waals surface area (Å²) in [6, 6.07) is 3.11. The van der Waals surface area contributed by atoms with Crippen molar-refractivity contribution >= 4 is 5.78 Å². The molecule has 3 aromatic rings. The maximum Gasteiger partial charge on any atom is 0.419 e. The first-order chi connectivity index (χ1) is 13.4. The Morgan fingerprint density at radius 2 is 1.93 bits per heavy atom. The van der Waals surface area contributed by atoms with Crippen molar-refractivity contribution in [3.63, 3.8) is 0 Å². The lowest BCUT2D eigenvalue weighted by Gasteiger charge is -2.22. The number of fused-ring (bicyclic) bond motifs is 1. The van der Waals surface area contributed by atoms with E-state index >= 15 is 0 Å². The van der Waals surface area contributed by atoms with Crippen LogP contribution in [-0.4, -0.2) is 37.3 Å². The maximum absolute atomic E-state index is 14.4. The van der Waals surface area contributed by atoms with E-state index in [9.17, 15) is 22.4 Å². The molecule has 1 aliphatic heterocycles. The minimum absolute atomic E-state index is 0.209. The van der Waals surface area contributed by atoms with E-state index in [1.54, 1.807) is 6.07 Å². The molecule has 4 rings (SSSR count). The number of rotatable bonds is 3. The number of hydrogen-bond donors (Lipinski definition) is 1. The molecule has 1 aliphatic rings. The van der Waals surface area contributed by atoms with E-state index in [2.05, 4.69) is 25.6 Å². The standard InChI is InChI=1S/C17H12F4N6O/c18-12-9(3-1-4-10(12)17(19,20)21)15(28)14-13-11(5-8-22-14)27(26-25-13)16-23-6-2-7-24-16/h1-4,6-7,14,22H,5,8H2. The van der Waals surface area contributed by atoms with Gasteiger partial charge in [0.15, 0.2) is 5.78 Å². The van der Waals surface area contributed by atoms with Crippen molar-refractivity contribution in [2.24, 2.45) is 0 Å². The number of carbonyl (C=O) groups is 1. The fourth-order valence-electron chi connectivity index (χ4n) is 3.08. The van der Waals surface area contributed by atoms with Gasteiger partial charge in [-0.05, 0) is 18.2 Å². The van der Waals surface area contributed by atoms with E-state index in [1.807, 2.05) is 0 Å². The van der Waals surface area contributed by atoms with Crippen molar-refractivity contribution < 1.29 is 22.4 Å². The summed E-state index contributed by atoms with van der Waals surface area (Å²) in [4.78, 5) is 21.0. The van der Waals surface area contributed by atoms with Crippen LogP contribution in [0.1, 0.15) is 33.4 Å². The van der Waals surface area contributed by atoms with E-state index in [-0.39, 0.29) is 11.6 Å². The molecule has 11 heteroatoms. The maximum atomic E-state index is 14.4. The Morgan fingerprint density at radius 1 is 1.18 bits per heavy atom. The minimum atomic E-state index is -4.90. The summed E-state index contributed by atoms with van der Waals surface area (Å²) >= 11 is 0. The lowest BCUT2D eigenvalue weighted by atomic mass is 9.95. The van der Waals surface area contributed by atoms with E-state index in [1.165, 1.54) is 17.1 Å². The molecule has 3 heterocycles. The molecular formula is C17H12F4N6O. The van der Waals surface area contributed by atoms with Crippen LogP contribution in [0.3, 0.4) is 0 Å². The Bertz CT molecular complexity index is 1030. The number of benzene rings is 1. The molecule has 2 aromatic heterocycles. The molecule has 144 valence electrons. The van der Waals surface area contributed by atoms with Gasteiger partial charge in [-0.25, -0.2) is 14.4 Å². The molecule has 0 amide bonds. The number of Topliss-reactive ketones (excluding diaryl/α,β-unsaturated/α-hetero) is 1. The SMILES string of the molecule is O=C(c1cccc(C(F)(F)F)c1F)C1NCCc2c1nnn2-c1ncccn1. The van der Waals surface area contributed by atoms with Crippen molar-refractivity contribution in [1.29, 1.82) is 0 Å². The highest BCUT2D eigenvalue weighted by Crippen LogP contribution is 2.34. The highest BCUT2D eigenvalue weighted by atomic mass is 19.4. The molecule has 0 bridgehead atoms. The van der Waals surface area contributed by atoms with Crippen LogP contribution in [0.4, 0.5) is 17.6 Å². The van der Waals surface area contributed by atoms with Gasteiger partial charge in [0.1, 0.15) is 17.6 Å². The summed E-state index contributed by atoms with van der Waals surface area (Å²) in [6.07, 6.45) is -1.44. The topological polar surface area (TPSA) is 85.6 Å². The average Bonchev–Trinajstić information content (AvgIpc) is 3.11. The van der Waals surface area contributed by atoms with E-state index < -0.39 is 34.9 Å². The highest BCUT2D eigenvalue weighted by molar-refractivity contribution is 6.01. The molecule has 0 fully saturated rings. The molecule has 0 saturated carbocycles. The van der Waals surface area contributed by atoms with Crippen LogP contribution in [-0.2, 0) is 12.6 Å². The molecular weight excluding hydrogens is 380 g/mol. The van der Waals surface area contributed by atoms with E-state index in [0.717, 1.165) is 12.1 Å². The first-order valence-corrected chi connectivity index (χ1v) is 8.23. The monoisotopic (exact) mass is 392 g/mol. The fraction of sp³-hybridized carbons (Fsp3) is 0.235. The first kappa shape index (κ1) is 18.2. The summed E-state index contributed by atoms with van der Waals surface area (Å²) in [6.45, 7) is 0.324. The number of carbonyl (C=O) groups excluding carboxylic acids is 1. The van der Waals surface area contributed by atoms with Gasteiger partial charge >= 0.3 is 6.18 Å². The van der Waals surface area contributed by atoms with Crippen LogP contribution in [0.5, 0.6) is 0 Å². The second-order valence-corrected chi connectivity index (χ2v) is 6.05. The van der Waals surface area contributed by atoms with Gasteiger partial charge in [0.25, 0.3) is 5.95 Å². The smallest absolute Gasteiger partial charge is 0.302 e. The normalized spacial score (nSPS) is 16.6. The zero-order chi connectivity index (χ0) is 19.9. The molecule has 0 aliphatic carbocycles. The van der Waals surface area contributed by atoms with Gasteiger partial charge in [-0.15, -0.1) is 5.10 Å². The molecule has 1 unspecified atom stereocenters. The van der Waals surface area contributed by atoms with Gasteiger partial charge in [0.2, 0.25) is 0 Å². The Balaban J connectivity index is 1.74. The number of nitrogens with zero attached hydrogens (tertiary/aromatic N) is 5. The molecule has 28 heavy (non-hydrogen) atoms. The molecule has 0 saturated heterocycles. The van der Waals surface area contributed by atoms with Crippen LogP contribution < -0.4 is 5.32 Å². The Kier molecular flexibility index (Phi) is 4.38. The number of hydrogen-bond acceptors (Lipinski definition) is 6. The Hall–Kier alpha value is -3.21. The number of alkyl halides is 3. The van der Waals surface area contributed by atoms with E-state index in [4.69, 9.17) is 0 Å². The van der Waals surface area contributed by atoms with Gasteiger partial charge in [-0.2, -0.15) is 17.9 Å². The van der Waals surface area contributed by atoms with Crippen molar-refractivity contribution in [2.45, 2.75) is 18.6 Å². The summed E-state index contributed by atoms with van der Waals surface area (Å²) in [5.41, 5.74) is -1.40. The molecule has 1 aromatic carbocycles. The average molecular weight is 392 g/mol. The largest absolute Gasteiger partial charge is 0.419 e. The first-order valence-electron chi connectivity index (χ1n) is 8.23. The second kappa shape index (κ2) is 6.75. The van der Waals surface area contributed by atoms with Gasteiger partial charge in [0.05, 0.1) is 16.8 Å². The van der Waals surface area contributed by atoms with E-state index in [0.29, 0.717) is 24.7 Å². The lowest BCUT2D eigenvalue weighted by molar-refractivity contribution is -0.140. The summed E-state index contributed by atoms with van der Waals surface area (Å²) in [7, 11) is 0. The van der Waals surface area contributed by atoms with Crippen molar-refractivity contribution in [2.75, 3.05) is 6.54 Å². The zero-order valence-electron chi connectivity index (χ0n) is 14.1. The Labute approximate surface area is 155 Å². The minimum Gasteiger partial charge on any atom is -0.302 e. The Morgan fingerprint density at radius 3 is 2.64 bits per heavy atom. The number of halogens is 4. The summed E-state index contributed by atoms with van der Waals surface area (Å²) < 4.78 is 54.6. The van der Waals surface area contributed by atoms with Crippen molar-refractivity contribution in [1.82, 2.24) is 30.3 Å². The quantitative estimate of drug-likeness (QED) is 0.544. The fourth-order valence-corrected chi connectivity index (χ4v) is 3.08. The molecule has 7 nitrogen and oxygen atoms in total. The molecule has 0 radical (unpaired) electrons. The summed E-state index contributed by atoms with van der Waals surface area (Å²) in [5, 5.41) is 10.8. The number of ketones is 1. The van der Waals surface area contributed by atoms with Crippen LogP contribution in [0.15, 0.2) is 36.7 Å². The summed E-state index contributed by atoms with van der Waals surface area (Å²) in [5.74, 6) is -2.21.